The van der Waals surface area contributed by atoms with Crippen LogP contribution >= 0.6 is 0 Å². The van der Waals surface area contributed by atoms with Crippen molar-refractivity contribution in [2.45, 2.75) is 26.3 Å². The maximum atomic E-state index is 14.0. The lowest BCUT2D eigenvalue weighted by atomic mass is 9.94. The molecule has 140 valence electrons. The van der Waals surface area contributed by atoms with E-state index in [0.29, 0.717) is 13.1 Å². The zero-order valence-corrected chi connectivity index (χ0v) is 15.1. The molecule has 0 saturated carbocycles. The highest BCUT2D eigenvalue weighted by Gasteiger charge is 2.35. The number of rotatable bonds is 5. The molecular weight excluding hydrogens is 354 g/mol. The smallest absolute Gasteiger partial charge is 0.328 e. The summed E-state index contributed by atoms with van der Waals surface area (Å²) in [5.41, 5.74) is -0.423. The van der Waals surface area contributed by atoms with Crippen LogP contribution in [-0.2, 0) is 19.7 Å². The third kappa shape index (κ3) is 4.74. The molecule has 0 spiro atoms. The molecule has 6 nitrogen and oxygen atoms in total. The highest BCUT2D eigenvalue weighted by Crippen LogP contribution is 2.25. The van der Waals surface area contributed by atoms with E-state index in [0.717, 1.165) is 31.7 Å². The predicted octanol–water partition coefficient (Wildman–Crippen LogP) is 1.99. The van der Waals surface area contributed by atoms with Crippen LogP contribution in [0.1, 0.15) is 31.9 Å². The molecule has 1 aliphatic heterocycles. The summed E-state index contributed by atoms with van der Waals surface area (Å²) in [6.45, 7) is 4.45. The van der Waals surface area contributed by atoms with E-state index in [4.69, 9.17) is 0 Å². The van der Waals surface area contributed by atoms with Gasteiger partial charge in [-0.15, -0.1) is 0 Å². The Labute approximate surface area is 146 Å². The number of benzene rings is 1. The van der Waals surface area contributed by atoms with Crippen LogP contribution in [0, 0.1) is 23.5 Å². The molecule has 0 aliphatic carbocycles. The molecule has 1 aromatic rings. The van der Waals surface area contributed by atoms with E-state index in [1.54, 1.807) is 0 Å². The molecule has 9 heteroatoms. The summed E-state index contributed by atoms with van der Waals surface area (Å²) in [6, 6.07) is 0.828. The first kappa shape index (κ1) is 19.7. The van der Waals surface area contributed by atoms with Crippen molar-refractivity contribution in [1.29, 1.82) is 0 Å². The van der Waals surface area contributed by atoms with Crippen LogP contribution in [0.15, 0.2) is 18.2 Å². The number of nitrogens with zero attached hydrogens (tertiary/aromatic N) is 1. The number of esters is 1. The SMILES string of the molecule is COC(=O)C(NS(=O)(=O)N1CC(C)CC(C)C1)c1cc(F)ccc1F. The first-order chi connectivity index (χ1) is 11.6. The van der Waals surface area contributed by atoms with Gasteiger partial charge in [0.2, 0.25) is 0 Å². The first-order valence-electron chi connectivity index (χ1n) is 7.94. The molecule has 1 saturated heterocycles. The lowest BCUT2D eigenvalue weighted by molar-refractivity contribution is -0.142. The quantitative estimate of drug-likeness (QED) is 0.798. The topological polar surface area (TPSA) is 75.7 Å². The summed E-state index contributed by atoms with van der Waals surface area (Å²) < 4.78 is 60.8. The Bertz CT molecular complexity index is 732. The van der Waals surface area contributed by atoms with Gasteiger partial charge in [0, 0.05) is 18.7 Å². The number of methoxy groups -OCH3 is 1. The number of ether oxygens (including phenoxy) is 1. The van der Waals surface area contributed by atoms with Crippen LogP contribution < -0.4 is 4.72 Å². The Hall–Kier alpha value is -1.58. The molecule has 1 fully saturated rings. The number of hydrogen-bond acceptors (Lipinski definition) is 4. The Balaban J connectivity index is 2.33. The third-order valence-electron chi connectivity index (χ3n) is 4.15. The van der Waals surface area contributed by atoms with E-state index in [9.17, 15) is 22.0 Å². The summed E-state index contributed by atoms with van der Waals surface area (Å²) in [4.78, 5) is 12.0. The van der Waals surface area contributed by atoms with E-state index < -0.39 is 39.4 Å². The molecule has 1 N–H and O–H groups in total. The number of halogens is 2. The van der Waals surface area contributed by atoms with E-state index in [-0.39, 0.29) is 11.8 Å². The second kappa shape index (κ2) is 7.76. The highest BCUT2D eigenvalue weighted by molar-refractivity contribution is 7.87. The Kier molecular flexibility index (Phi) is 6.12. The zero-order chi connectivity index (χ0) is 18.8. The molecule has 0 amide bonds. The van der Waals surface area contributed by atoms with Crippen LogP contribution in [0.5, 0.6) is 0 Å². The number of carbonyl (C=O) groups is 1. The lowest BCUT2D eigenvalue weighted by Crippen LogP contribution is -2.50. The molecule has 0 radical (unpaired) electrons. The molecule has 3 unspecified atom stereocenters. The summed E-state index contributed by atoms with van der Waals surface area (Å²) in [5.74, 6) is -2.40. The Morgan fingerprint density at radius 3 is 2.44 bits per heavy atom. The zero-order valence-electron chi connectivity index (χ0n) is 14.3. The second-order valence-electron chi connectivity index (χ2n) is 6.51. The number of nitrogens with one attached hydrogen (secondary N) is 1. The van der Waals surface area contributed by atoms with Gasteiger partial charge >= 0.3 is 5.97 Å². The van der Waals surface area contributed by atoms with Gasteiger partial charge in [0.1, 0.15) is 17.7 Å². The van der Waals surface area contributed by atoms with Gasteiger partial charge in [0.15, 0.2) is 0 Å². The summed E-state index contributed by atoms with van der Waals surface area (Å²) in [7, 11) is -3.04. The average molecular weight is 376 g/mol. The number of hydrogen-bond donors (Lipinski definition) is 1. The Morgan fingerprint density at radius 1 is 1.28 bits per heavy atom. The number of piperidine rings is 1. The van der Waals surface area contributed by atoms with E-state index in [1.165, 1.54) is 4.31 Å². The monoisotopic (exact) mass is 376 g/mol. The molecule has 1 aromatic carbocycles. The van der Waals surface area contributed by atoms with Crippen molar-refractivity contribution in [3.63, 3.8) is 0 Å². The van der Waals surface area contributed by atoms with Gasteiger partial charge in [-0.2, -0.15) is 17.4 Å². The van der Waals surface area contributed by atoms with Crippen LogP contribution in [0.25, 0.3) is 0 Å². The molecule has 0 aromatic heterocycles. The van der Waals surface area contributed by atoms with Crippen molar-refractivity contribution in [3.05, 3.63) is 35.4 Å². The fourth-order valence-corrected chi connectivity index (χ4v) is 4.69. The molecule has 3 atom stereocenters. The molecule has 2 rings (SSSR count). The standard InChI is InChI=1S/C16H22F2N2O4S/c1-10-6-11(2)9-20(8-10)25(22,23)19-15(16(21)24-3)13-7-12(17)4-5-14(13)18/h4-5,7,10-11,15,19H,6,8-9H2,1-3H3. The van der Waals surface area contributed by atoms with Gasteiger partial charge in [-0.05, 0) is 36.5 Å². The van der Waals surface area contributed by atoms with Gasteiger partial charge in [0.25, 0.3) is 10.2 Å². The molecule has 25 heavy (non-hydrogen) atoms. The second-order valence-corrected chi connectivity index (χ2v) is 8.21. The maximum Gasteiger partial charge on any atom is 0.328 e. The van der Waals surface area contributed by atoms with Crippen LogP contribution in [0.3, 0.4) is 0 Å². The van der Waals surface area contributed by atoms with E-state index in [2.05, 4.69) is 9.46 Å². The van der Waals surface area contributed by atoms with Gasteiger partial charge in [-0.3, -0.25) is 0 Å². The van der Waals surface area contributed by atoms with Gasteiger partial charge in [-0.25, -0.2) is 13.6 Å². The molecular formula is C16H22F2N2O4S. The minimum absolute atomic E-state index is 0.155. The largest absolute Gasteiger partial charge is 0.468 e. The van der Waals surface area contributed by atoms with Crippen molar-refractivity contribution in [2.75, 3.05) is 20.2 Å². The van der Waals surface area contributed by atoms with Gasteiger partial charge in [-0.1, -0.05) is 13.8 Å². The molecule has 1 aliphatic rings. The summed E-state index contributed by atoms with van der Waals surface area (Å²) in [5, 5.41) is 0. The van der Waals surface area contributed by atoms with Crippen molar-refractivity contribution in [2.24, 2.45) is 11.8 Å². The summed E-state index contributed by atoms with van der Waals surface area (Å²) >= 11 is 0. The van der Waals surface area contributed by atoms with Gasteiger partial charge < -0.3 is 4.74 Å². The number of carbonyl (C=O) groups excluding carboxylic acids is 1. The van der Waals surface area contributed by atoms with Crippen molar-refractivity contribution >= 4 is 16.2 Å². The summed E-state index contributed by atoms with van der Waals surface area (Å²) in [6.07, 6.45) is 0.894. The third-order valence-corrected chi connectivity index (χ3v) is 5.66. The maximum absolute atomic E-state index is 14.0. The molecule has 0 bridgehead atoms. The minimum Gasteiger partial charge on any atom is -0.468 e. The predicted molar refractivity (Wildman–Crippen MR) is 87.7 cm³/mol. The Morgan fingerprint density at radius 2 is 1.88 bits per heavy atom. The van der Waals surface area contributed by atoms with Crippen molar-refractivity contribution in [1.82, 2.24) is 9.03 Å². The molecule has 1 heterocycles. The van der Waals surface area contributed by atoms with Crippen molar-refractivity contribution in [3.8, 4) is 0 Å². The average Bonchev–Trinajstić information content (AvgIpc) is 2.53. The van der Waals surface area contributed by atoms with Crippen molar-refractivity contribution < 1.29 is 26.7 Å². The fraction of sp³-hybridized carbons (Fsp3) is 0.562. The normalized spacial score (nSPS) is 23.2. The van der Waals surface area contributed by atoms with Crippen LogP contribution in [0.2, 0.25) is 0 Å². The fourth-order valence-electron chi connectivity index (χ4n) is 3.12. The van der Waals surface area contributed by atoms with E-state index in [1.807, 2.05) is 13.8 Å². The first-order valence-corrected chi connectivity index (χ1v) is 9.38. The van der Waals surface area contributed by atoms with E-state index >= 15 is 0 Å². The minimum atomic E-state index is -4.09. The highest BCUT2D eigenvalue weighted by atomic mass is 32.2. The van der Waals surface area contributed by atoms with Crippen LogP contribution in [-0.4, -0.2) is 38.9 Å². The van der Waals surface area contributed by atoms with Crippen LogP contribution in [0.4, 0.5) is 8.78 Å². The lowest BCUT2D eigenvalue weighted by Gasteiger charge is -2.34. The van der Waals surface area contributed by atoms with Gasteiger partial charge in [0.05, 0.1) is 7.11 Å².